The molecule has 0 spiro atoms. The number of rotatable bonds is 8. The number of amides is 1. The quantitative estimate of drug-likeness (QED) is 0.592. The molecule has 3 rings (SSSR count). The summed E-state index contributed by atoms with van der Waals surface area (Å²) in [7, 11) is -3.40. The lowest BCUT2D eigenvalue weighted by molar-refractivity contribution is -0.116. The molecule has 1 N–H and O–H groups in total. The maximum absolute atomic E-state index is 12.6. The molecule has 1 saturated heterocycles. The number of thiophene rings is 1. The molecule has 8 nitrogen and oxygen atoms in total. The Kier molecular flexibility index (Phi) is 8.47. The summed E-state index contributed by atoms with van der Waals surface area (Å²) in [6.07, 6.45) is 5.67. The summed E-state index contributed by atoms with van der Waals surface area (Å²) in [5.74, 6) is -0.0916. The summed E-state index contributed by atoms with van der Waals surface area (Å²) in [4.78, 5) is 15.9. The highest BCUT2D eigenvalue weighted by molar-refractivity contribution is 7.86. The molecule has 31 heavy (non-hydrogen) atoms. The van der Waals surface area contributed by atoms with Gasteiger partial charge < -0.3 is 10.2 Å². The van der Waals surface area contributed by atoms with E-state index in [0.29, 0.717) is 62.8 Å². The summed E-state index contributed by atoms with van der Waals surface area (Å²) < 4.78 is 28.3. The SMILES string of the molecule is CCN(CC)S(=O)(=O)N1CCN(CCC(=O)Nc2sc3c(c2C#N)CCCCC3)CC1. The molecular formula is C21H33N5O3S2. The first-order valence-corrected chi connectivity index (χ1v) is 13.4. The van der Waals surface area contributed by atoms with Gasteiger partial charge in [0.25, 0.3) is 10.2 Å². The number of fused-ring (bicyclic) bond motifs is 1. The maximum Gasteiger partial charge on any atom is 0.282 e. The van der Waals surface area contributed by atoms with Gasteiger partial charge in [0.05, 0.1) is 5.56 Å². The van der Waals surface area contributed by atoms with Crippen molar-refractivity contribution < 1.29 is 13.2 Å². The minimum absolute atomic E-state index is 0.0916. The van der Waals surface area contributed by atoms with Gasteiger partial charge in [-0.2, -0.15) is 22.3 Å². The smallest absolute Gasteiger partial charge is 0.282 e. The van der Waals surface area contributed by atoms with Crippen LogP contribution in [0.2, 0.25) is 0 Å². The molecule has 0 radical (unpaired) electrons. The number of nitrogens with one attached hydrogen (secondary N) is 1. The molecule has 2 aliphatic rings. The van der Waals surface area contributed by atoms with Crippen LogP contribution in [0.1, 0.15) is 55.5 Å². The monoisotopic (exact) mass is 467 g/mol. The first-order valence-electron chi connectivity index (χ1n) is 11.2. The molecule has 1 aliphatic carbocycles. The van der Waals surface area contributed by atoms with E-state index in [1.807, 2.05) is 13.8 Å². The van der Waals surface area contributed by atoms with Crippen molar-refractivity contribution >= 4 is 32.5 Å². The largest absolute Gasteiger partial charge is 0.317 e. The topological polar surface area (TPSA) is 96.8 Å². The number of nitriles is 1. The van der Waals surface area contributed by atoms with E-state index in [-0.39, 0.29) is 5.91 Å². The number of carbonyl (C=O) groups excluding carboxylic acids is 1. The molecule has 1 fully saturated rings. The van der Waals surface area contributed by atoms with E-state index in [4.69, 9.17) is 0 Å². The number of carbonyl (C=O) groups is 1. The van der Waals surface area contributed by atoms with Gasteiger partial charge in [-0.05, 0) is 31.2 Å². The minimum Gasteiger partial charge on any atom is -0.317 e. The van der Waals surface area contributed by atoms with Crippen LogP contribution in [0.5, 0.6) is 0 Å². The Morgan fingerprint density at radius 1 is 1.13 bits per heavy atom. The van der Waals surface area contributed by atoms with Gasteiger partial charge in [-0.15, -0.1) is 11.3 Å². The van der Waals surface area contributed by atoms with Gasteiger partial charge in [-0.3, -0.25) is 4.79 Å². The van der Waals surface area contributed by atoms with E-state index in [2.05, 4.69) is 16.3 Å². The lowest BCUT2D eigenvalue weighted by atomic mass is 10.1. The average molecular weight is 468 g/mol. The van der Waals surface area contributed by atoms with E-state index < -0.39 is 10.2 Å². The van der Waals surface area contributed by atoms with Crippen molar-refractivity contribution in [3.8, 4) is 6.07 Å². The van der Waals surface area contributed by atoms with Crippen LogP contribution in [0, 0.1) is 11.3 Å². The van der Waals surface area contributed by atoms with Gasteiger partial charge in [0.1, 0.15) is 11.1 Å². The van der Waals surface area contributed by atoms with Crippen LogP contribution in [-0.4, -0.2) is 73.6 Å². The molecule has 0 saturated carbocycles. The van der Waals surface area contributed by atoms with Gasteiger partial charge in [0.2, 0.25) is 5.91 Å². The van der Waals surface area contributed by atoms with Crippen molar-refractivity contribution in [3.05, 3.63) is 16.0 Å². The highest BCUT2D eigenvalue weighted by Crippen LogP contribution is 2.37. The van der Waals surface area contributed by atoms with E-state index in [9.17, 15) is 18.5 Å². The fourth-order valence-electron chi connectivity index (χ4n) is 4.29. The normalized spacial score (nSPS) is 18.4. The van der Waals surface area contributed by atoms with Crippen molar-refractivity contribution in [2.75, 3.05) is 51.1 Å². The number of piperazine rings is 1. The van der Waals surface area contributed by atoms with Crippen molar-refractivity contribution in [2.45, 2.75) is 52.4 Å². The maximum atomic E-state index is 12.6. The third-order valence-corrected chi connectivity index (χ3v) is 9.52. The number of hydrogen-bond acceptors (Lipinski definition) is 6. The van der Waals surface area contributed by atoms with E-state index >= 15 is 0 Å². The Labute approximate surface area is 190 Å². The molecule has 1 aromatic rings. The third-order valence-electron chi connectivity index (χ3n) is 6.13. The summed E-state index contributed by atoms with van der Waals surface area (Å²) >= 11 is 1.55. The number of anilines is 1. The van der Waals surface area contributed by atoms with Crippen LogP contribution < -0.4 is 5.32 Å². The van der Waals surface area contributed by atoms with E-state index in [1.54, 1.807) is 11.3 Å². The van der Waals surface area contributed by atoms with Crippen LogP contribution >= 0.6 is 11.3 Å². The summed E-state index contributed by atoms with van der Waals surface area (Å²) in [5.41, 5.74) is 1.77. The highest BCUT2D eigenvalue weighted by Gasteiger charge is 2.30. The Bertz CT molecular complexity index is 910. The zero-order chi connectivity index (χ0) is 22.4. The number of aryl methyl sites for hydroxylation is 1. The van der Waals surface area contributed by atoms with E-state index in [1.165, 1.54) is 19.9 Å². The summed E-state index contributed by atoms with van der Waals surface area (Å²) in [6, 6.07) is 2.30. The number of hydrogen-bond donors (Lipinski definition) is 1. The van der Waals surface area contributed by atoms with Crippen molar-refractivity contribution in [3.63, 3.8) is 0 Å². The fraction of sp³-hybridized carbons (Fsp3) is 0.714. The van der Waals surface area contributed by atoms with Crippen molar-refractivity contribution in [2.24, 2.45) is 0 Å². The molecule has 10 heteroatoms. The highest BCUT2D eigenvalue weighted by atomic mass is 32.2. The second-order valence-electron chi connectivity index (χ2n) is 8.01. The average Bonchev–Trinajstić information content (AvgIpc) is 2.92. The zero-order valence-corrected chi connectivity index (χ0v) is 20.2. The Morgan fingerprint density at radius 2 is 1.81 bits per heavy atom. The van der Waals surface area contributed by atoms with Crippen LogP contribution in [0.25, 0.3) is 0 Å². The molecule has 0 unspecified atom stereocenters. The minimum atomic E-state index is -3.40. The second kappa shape index (κ2) is 10.9. The zero-order valence-electron chi connectivity index (χ0n) is 18.5. The molecule has 1 amide bonds. The summed E-state index contributed by atoms with van der Waals surface area (Å²) in [6.45, 7) is 7.32. The van der Waals surface area contributed by atoms with Gasteiger partial charge in [0, 0.05) is 57.1 Å². The fourth-order valence-corrected chi connectivity index (χ4v) is 7.15. The van der Waals surface area contributed by atoms with Crippen LogP contribution in [-0.2, 0) is 27.8 Å². The molecule has 1 aromatic heterocycles. The first kappa shape index (κ1) is 24.1. The molecular weight excluding hydrogens is 434 g/mol. The molecule has 1 aliphatic heterocycles. The van der Waals surface area contributed by atoms with Crippen molar-refractivity contribution in [1.29, 1.82) is 5.26 Å². The molecule has 0 bridgehead atoms. The molecule has 0 atom stereocenters. The standard InChI is InChI=1S/C21H33N5O3S2/c1-3-25(4-2)31(28,29)26-14-12-24(13-15-26)11-10-20(27)23-21-18(16-22)17-8-6-5-7-9-19(17)30-21/h3-15H2,1-2H3,(H,23,27). The van der Waals surface area contributed by atoms with Crippen LogP contribution in [0.15, 0.2) is 0 Å². The summed E-state index contributed by atoms with van der Waals surface area (Å²) in [5, 5.41) is 13.3. The third kappa shape index (κ3) is 5.65. The van der Waals surface area contributed by atoms with Gasteiger partial charge in [0.15, 0.2) is 0 Å². The van der Waals surface area contributed by atoms with Gasteiger partial charge in [-0.1, -0.05) is 20.3 Å². The number of nitrogens with zero attached hydrogens (tertiary/aromatic N) is 4. The molecule has 2 heterocycles. The Hall–Kier alpha value is -1.51. The Morgan fingerprint density at radius 3 is 2.45 bits per heavy atom. The molecule has 0 aromatic carbocycles. The van der Waals surface area contributed by atoms with Crippen LogP contribution in [0.4, 0.5) is 5.00 Å². The lowest BCUT2D eigenvalue weighted by Gasteiger charge is -2.36. The van der Waals surface area contributed by atoms with Crippen molar-refractivity contribution in [1.82, 2.24) is 13.5 Å². The second-order valence-corrected chi connectivity index (χ2v) is 11.0. The predicted octanol–water partition coefficient (Wildman–Crippen LogP) is 2.42. The van der Waals surface area contributed by atoms with Crippen LogP contribution in [0.3, 0.4) is 0 Å². The predicted molar refractivity (Wildman–Crippen MR) is 123 cm³/mol. The molecule has 172 valence electrons. The lowest BCUT2D eigenvalue weighted by Crippen LogP contribution is -2.53. The van der Waals surface area contributed by atoms with Gasteiger partial charge in [-0.25, -0.2) is 0 Å². The van der Waals surface area contributed by atoms with E-state index in [0.717, 1.165) is 31.2 Å². The Balaban J connectivity index is 1.50. The van der Waals surface area contributed by atoms with Gasteiger partial charge >= 0.3 is 0 Å². The first-order chi connectivity index (χ1) is 14.9.